The number of aryl methyl sites for hydroxylation is 1. The molecule has 0 atom stereocenters. The molecule has 2 heterocycles. The highest BCUT2D eigenvalue weighted by Crippen LogP contribution is 2.20. The topological polar surface area (TPSA) is 93.1 Å². The molecule has 2 N–H and O–H groups in total. The van der Waals surface area contributed by atoms with Crippen molar-refractivity contribution in [2.45, 2.75) is 25.3 Å². The lowest BCUT2D eigenvalue weighted by Crippen LogP contribution is -2.28. The molecule has 27 heavy (non-hydrogen) atoms. The lowest BCUT2D eigenvalue weighted by atomic mass is 10.3. The summed E-state index contributed by atoms with van der Waals surface area (Å²) >= 11 is 0. The lowest BCUT2D eigenvalue weighted by molar-refractivity contribution is 0.251. The summed E-state index contributed by atoms with van der Waals surface area (Å²) in [5.41, 5.74) is 2.96. The van der Waals surface area contributed by atoms with Crippen LogP contribution in [0.3, 0.4) is 0 Å². The molecule has 2 aromatic heterocycles. The Bertz CT molecular complexity index is 1040. The molecule has 0 aliphatic heterocycles. The normalized spacial score (nSPS) is 11.2. The van der Waals surface area contributed by atoms with E-state index in [0.717, 1.165) is 11.1 Å². The third-order valence-electron chi connectivity index (χ3n) is 4.21. The number of amides is 2. The first-order chi connectivity index (χ1) is 12.9. The predicted molar refractivity (Wildman–Crippen MR) is 103 cm³/mol. The molecule has 0 unspecified atom stereocenters. The van der Waals surface area contributed by atoms with E-state index in [1.165, 1.54) is 22.3 Å². The SMILES string of the molecule is Cc1ccn(S(=O)(=O)c2ccc(NC(=O)NCc3cccnc3)cc2)c1C. The predicted octanol–water partition coefficient (Wildman–Crippen LogP) is 3.06. The highest BCUT2D eigenvalue weighted by Gasteiger charge is 2.19. The molecule has 1 aromatic carbocycles. The van der Waals surface area contributed by atoms with Gasteiger partial charge in [-0.1, -0.05) is 6.07 Å². The van der Waals surface area contributed by atoms with Gasteiger partial charge in [-0.3, -0.25) is 4.98 Å². The number of rotatable bonds is 5. The first-order valence-corrected chi connectivity index (χ1v) is 9.76. The summed E-state index contributed by atoms with van der Waals surface area (Å²) < 4.78 is 26.7. The monoisotopic (exact) mass is 384 g/mol. The Morgan fingerprint density at radius 2 is 1.85 bits per heavy atom. The summed E-state index contributed by atoms with van der Waals surface area (Å²) in [6, 6.07) is 11.1. The molecule has 3 aromatic rings. The maximum Gasteiger partial charge on any atom is 0.319 e. The second-order valence-electron chi connectivity index (χ2n) is 6.08. The second-order valence-corrected chi connectivity index (χ2v) is 7.89. The molecule has 3 rings (SSSR count). The van der Waals surface area contributed by atoms with E-state index in [1.807, 2.05) is 13.0 Å². The number of hydrogen-bond acceptors (Lipinski definition) is 4. The van der Waals surface area contributed by atoms with Crippen LogP contribution in [0.2, 0.25) is 0 Å². The standard InChI is InChI=1S/C19H20N4O3S/c1-14-9-11-23(15(14)2)27(25,26)18-7-5-17(6-8-18)22-19(24)21-13-16-4-3-10-20-12-16/h3-12H,13H2,1-2H3,(H2,21,22,24). The van der Waals surface area contributed by atoms with Crippen LogP contribution in [0.15, 0.2) is 66.0 Å². The number of carbonyl (C=O) groups excluding carboxylic acids is 1. The first kappa shape index (κ1) is 18.7. The van der Waals surface area contributed by atoms with Crippen LogP contribution in [0, 0.1) is 13.8 Å². The van der Waals surface area contributed by atoms with Crippen LogP contribution >= 0.6 is 0 Å². The molecule has 0 bridgehead atoms. The maximum absolute atomic E-state index is 12.7. The van der Waals surface area contributed by atoms with Gasteiger partial charge in [-0.05, 0) is 61.4 Å². The van der Waals surface area contributed by atoms with Crippen molar-refractivity contribution in [2.75, 3.05) is 5.32 Å². The van der Waals surface area contributed by atoms with Gasteiger partial charge in [0.05, 0.1) is 4.90 Å². The molecule has 0 spiro atoms. The van der Waals surface area contributed by atoms with E-state index in [1.54, 1.807) is 43.6 Å². The number of anilines is 1. The summed E-state index contributed by atoms with van der Waals surface area (Å²) in [4.78, 5) is 16.1. The van der Waals surface area contributed by atoms with Crippen LogP contribution < -0.4 is 10.6 Å². The average molecular weight is 384 g/mol. The van der Waals surface area contributed by atoms with Crippen LogP contribution in [0.1, 0.15) is 16.8 Å². The van der Waals surface area contributed by atoms with E-state index in [4.69, 9.17) is 0 Å². The Labute approximate surface area is 158 Å². The Morgan fingerprint density at radius 3 is 2.44 bits per heavy atom. The van der Waals surface area contributed by atoms with Crippen LogP contribution in [-0.4, -0.2) is 23.4 Å². The van der Waals surface area contributed by atoms with Gasteiger partial charge in [0.2, 0.25) is 0 Å². The Morgan fingerprint density at radius 1 is 1.11 bits per heavy atom. The van der Waals surface area contributed by atoms with Crippen molar-refractivity contribution in [1.82, 2.24) is 14.3 Å². The molecular formula is C19H20N4O3S. The molecule has 0 aliphatic carbocycles. The van der Waals surface area contributed by atoms with E-state index in [2.05, 4.69) is 15.6 Å². The zero-order valence-corrected chi connectivity index (χ0v) is 15.8. The van der Waals surface area contributed by atoms with Gasteiger partial charge < -0.3 is 10.6 Å². The molecular weight excluding hydrogens is 364 g/mol. The summed E-state index contributed by atoms with van der Waals surface area (Å²) in [6.07, 6.45) is 4.87. The lowest BCUT2D eigenvalue weighted by Gasteiger charge is -2.11. The third kappa shape index (κ3) is 4.17. The fraction of sp³-hybridized carbons (Fsp3) is 0.158. The van der Waals surface area contributed by atoms with E-state index < -0.39 is 10.0 Å². The average Bonchev–Trinajstić information content (AvgIpc) is 3.01. The molecule has 0 fully saturated rings. The molecule has 8 heteroatoms. The second kappa shape index (κ2) is 7.63. The van der Waals surface area contributed by atoms with Gasteiger partial charge in [0.25, 0.3) is 10.0 Å². The summed E-state index contributed by atoms with van der Waals surface area (Å²) in [7, 11) is -3.66. The Hall–Kier alpha value is -3.13. The minimum Gasteiger partial charge on any atom is -0.334 e. The highest BCUT2D eigenvalue weighted by atomic mass is 32.2. The van der Waals surface area contributed by atoms with Gasteiger partial charge >= 0.3 is 6.03 Å². The summed E-state index contributed by atoms with van der Waals surface area (Å²) in [5.74, 6) is 0. The van der Waals surface area contributed by atoms with Crippen molar-refractivity contribution in [1.29, 1.82) is 0 Å². The molecule has 7 nitrogen and oxygen atoms in total. The van der Waals surface area contributed by atoms with Gasteiger partial charge in [0.1, 0.15) is 0 Å². The summed E-state index contributed by atoms with van der Waals surface area (Å²) in [6.45, 7) is 3.96. The number of benzene rings is 1. The number of urea groups is 1. The van der Waals surface area contributed by atoms with E-state index in [-0.39, 0.29) is 10.9 Å². The minimum absolute atomic E-state index is 0.155. The zero-order chi connectivity index (χ0) is 19.4. The number of pyridine rings is 1. The number of aromatic nitrogens is 2. The number of nitrogens with zero attached hydrogens (tertiary/aromatic N) is 2. The molecule has 0 saturated carbocycles. The molecule has 0 saturated heterocycles. The fourth-order valence-corrected chi connectivity index (χ4v) is 3.96. The number of hydrogen-bond donors (Lipinski definition) is 2. The van der Waals surface area contributed by atoms with Crippen LogP contribution in [0.25, 0.3) is 0 Å². The Kier molecular flexibility index (Phi) is 5.27. The fourth-order valence-electron chi connectivity index (χ4n) is 2.53. The van der Waals surface area contributed by atoms with E-state index in [0.29, 0.717) is 17.9 Å². The highest BCUT2D eigenvalue weighted by molar-refractivity contribution is 7.90. The first-order valence-electron chi connectivity index (χ1n) is 8.32. The summed E-state index contributed by atoms with van der Waals surface area (Å²) in [5, 5.41) is 5.39. The van der Waals surface area contributed by atoms with Crippen LogP contribution in [0.4, 0.5) is 10.5 Å². The van der Waals surface area contributed by atoms with Crippen molar-refractivity contribution in [3.63, 3.8) is 0 Å². The van der Waals surface area contributed by atoms with Gasteiger partial charge in [-0.25, -0.2) is 17.2 Å². The molecule has 2 amide bonds. The van der Waals surface area contributed by atoms with Crippen molar-refractivity contribution in [3.05, 3.63) is 77.9 Å². The number of nitrogens with one attached hydrogen (secondary N) is 2. The number of carbonyl (C=O) groups is 1. The van der Waals surface area contributed by atoms with E-state index >= 15 is 0 Å². The van der Waals surface area contributed by atoms with E-state index in [9.17, 15) is 13.2 Å². The minimum atomic E-state index is -3.66. The van der Waals surface area contributed by atoms with Gasteiger partial charge in [-0.15, -0.1) is 0 Å². The maximum atomic E-state index is 12.7. The zero-order valence-electron chi connectivity index (χ0n) is 15.0. The third-order valence-corrected chi connectivity index (χ3v) is 5.99. The van der Waals surface area contributed by atoms with Crippen molar-refractivity contribution >= 4 is 21.7 Å². The van der Waals surface area contributed by atoms with Crippen molar-refractivity contribution < 1.29 is 13.2 Å². The molecule has 0 aliphatic rings. The molecule has 140 valence electrons. The van der Waals surface area contributed by atoms with Gasteiger partial charge in [0, 0.05) is 36.5 Å². The smallest absolute Gasteiger partial charge is 0.319 e. The molecule has 0 radical (unpaired) electrons. The quantitative estimate of drug-likeness (QED) is 0.707. The van der Waals surface area contributed by atoms with Crippen molar-refractivity contribution in [2.24, 2.45) is 0 Å². The Balaban J connectivity index is 1.66. The van der Waals surface area contributed by atoms with Crippen LogP contribution in [0.5, 0.6) is 0 Å². The van der Waals surface area contributed by atoms with Crippen molar-refractivity contribution in [3.8, 4) is 0 Å². The van der Waals surface area contributed by atoms with Gasteiger partial charge in [-0.2, -0.15) is 0 Å². The van der Waals surface area contributed by atoms with Crippen LogP contribution in [-0.2, 0) is 16.6 Å². The largest absolute Gasteiger partial charge is 0.334 e. The van der Waals surface area contributed by atoms with Gasteiger partial charge in [0.15, 0.2) is 0 Å².